The summed E-state index contributed by atoms with van der Waals surface area (Å²) >= 11 is 6.02. The molecule has 0 bridgehead atoms. The van der Waals surface area contributed by atoms with Gasteiger partial charge in [-0.3, -0.25) is 0 Å². The average Bonchev–Trinajstić information content (AvgIpc) is 2.41. The normalized spacial score (nSPS) is 23.2. The Bertz CT molecular complexity index is 180. The van der Waals surface area contributed by atoms with Crippen molar-refractivity contribution in [1.82, 2.24) is 5.32 Å². The van der Waals surface area contributed by atoms with Crippen LogP contribution in [0.1, 0.15) is 80.1 Å². The van der Waals surface area contributed by atoms with Gasteiger partial charge >= 0.3 is 0 Å². The van der Waals surface area contributed by atoms with Crippen molar-refractivity contribution in [3.63, 3.8) is 0 Å². The number of nitrogens with one attached hydrogen (secondary N) is 1. The van der Waals surface area contributed by atoms with Crippen molar-refractivity contribution in [2.45, 2.75) is 85.4 Å². The molecule has 0 heterocycles. The highest BCUT2D eigenvalue weighted by molar-refractivity contribution is 6.20. The second kappa shape index (κ2) is 15.6. The smallest absolute Gasteiger partial charge is 0.0339 e. The molecular formula is C18H40ClN. The number of alkyl halides is 1. The zero-order chi connectivity index (χ0) is 16.0. The van der Waals surface area contributed by atoms with Gasteiger partial charge in [-0.15, -0.1) is 11.6 Å². The Hall–Kier alpha value is 0.250. The minimum atomic E-state index is 0.451. The summed E-state index contributed by atoms with van der Waals surface area (Å²) in [5.74, 6) is 2.64. The summed E-state index contributed by atoms with van der Waals surface area (Å²) in [7, 11) is 2.01. The summed E-state index contributed by atoms with van der Waals surface area (Å²) in [6, 6.07) is 0. The number of rotatable bonds is 5. The van der Waals surface area contributed by atoms with Crippen LogP contribution in [0.25, 0.3) is 0 Å². The van der Waals surface area contributed by atoms with E-state index in [9.17, 15) is 0 Å². The van der Waals surface area contributed by atoms with E-state index in [0.717, 1.165) is 24.3 Å². The van der Waals surface area contributed by atoms with Crippen LogP contribution in [-0.4, -0.2) is 19.0 Å². The maximum Gasteiger partial charge on any atom is 0.0339 e. The fourth-order valence-electron chi connectivity index (χ4n) is 2.67. The van der Waals surface area contributed by atoms with Crippen molar-refractivity contribution in [3.8, 4) is 0 Å². The van der Waals surface area contributed by atoms with Gasteiger partial charge in [0.2, 0.25) is 0 Å². The quantitative estimate of drug-likeness (QED) is 0.604. The van der Waals surface area contributed by atoms with Gasteiger partial charge in [-0.05, 0) is 57.0 Å². The van der Waals surface area contributed by atoms with E-state index in [-0.39, 0.29) is 0 Å². The Morgan fingerprint density at radius 2 is 1.75 bits per heavy atom. The summed E-state index contributed by atoms with van der Waals surface area (Å²) in [4.78, 5) is 0. The van der Waals surface area contributed by atoms with Crippen LogP contribution < -0.4 is 5.32 Å². The Morgan fingerprint density at radius 1 is 1.15 bits per heavy atom. The van der Waals surface area contributed by atoms with Gasteiger partial charge in [0.1, 0.15) is 0 Å². The molecule has 0 aromatic carbocycles. The van der Waals surface area contributed by atoms with Gasteiger partial charge in [0.15, 0.2) is 0 Å². The highest BCUT2D eigenvalue weighted by Gasteiger charge is 2.18. The summed E-state index contributed by atoms with van der Waals surface area (Å²) in [6.07, 6.45) is 7.84. The molecule has 0 aromatic heterocycles. The van der Waals surface area contributed by atoms with E-state index in [4.69, 9.17) is 11.6 Å². The van der Waals surface area contributed by atoms with Crippen molar-refractivity contribution >= 4 is 11.6 Å². The molecule has 0 aromatic rings. The average molecular weight is 306 g/mol. The molecule has 1 nitrogen and oxygen atoms in total. The van der Waals surface area contributed by atoms with E-state index in [1.54, 1.807) is 0 Å². The molecule has 1 fully saturated rings. The van der Waals surface area contributed by atoms with E-state index in [0.29, 0.717) is 5.38 Å². The molecule has 0 saturated heterocycles. The van der Waals surface area contributed by atoms with E-state index >= 15 is 0 Å². The van der Waals surface area contributed by atoms with Crippen molar-refractivity contribution in [2.75, 3.05) is 13.6 Å². The van der Waals surface area contributed by atoms with E-state index in [2.05, 4.69) is 33.0 Å². The lowest BCUT2D eigenvalue weighted by atomic mass is 9.89. The first-order valence-corrected chi connectivity index (χ1v) is 9.21. The predicted octanol–water partition coefficient (Wildman–Crippen LogP) is 6.11. The molecule has 124 valence electrons. The van der Waals surface area contributed by atoms with Crippen LogP contribution in [0.3, 0.4) is 0 Å². The molecule has 2 heteroatoms. The van der Waals surface area contributed by atoms with Crippen LogP contribution in [0.2, 0.25) is 0 Å². The molecular weight excluding hydrogens is 266 g/mol. The second-order valence-corrected chi connectivity index (χ2v) is 6.95. The monoisotopic (exact) mass is 305 g/mol. The molecule has 0 radical (unpaired) electrons. The van der Waals surface area contributed by atoms with E-state index in [1.165, 1.54) is 38.5 Å². The molecule has 0 spiro atoms. The Balaban J connectivity index is 0. The maximum atomic E-state index is 6.02. The summed E-state index contributed by atoms with van der Waals surface area (Å²) in [5, 5.41) is 3.65. The highest BCUT2D eigenvalue weighted by atomic mass is 35.5. The van der Waals surface area contributed by atoms with Gasteiger partial charge in [0.25, 0.3) is 0 Å². The summed E-state index contributed by atoms with van der Waals surface area (Å²) in [6.45, 7) is 14.3. The zero-order valence-corrected chi connectivity index (χ0v) is 15.9. The molecule has 1 saturated carbocycles. The Labute approximate surface area is 134 Å². The minimum absolute atomic E-state index is 0.451. The van der Waals surface area contributed by atoms with Crippen LogP contribution in [-0.2, 0) is 0 Å². The van der Waals surface area contributed by atoms with Crippen LogP contribution in [0.4, 0.5) is 0 Å². The summed E-state index contributed by atoms with van der Waals surface area (Å²) in [5.41, 5.74) is 0. The molecule has 3 atom stereocenters. The minimum Gasteiger partial charge on any atom is -0.319 e. The van der Waals surface area contributed by atoms with Gasteiger partial charge < -0.3 is 5.32 Å². The standard InChI is InChI=1S/C8H16ClN.C8H18.C2H6/c1-10-6-7-3-2-4-8(9)5-7;1-5-8(4)6-7(2)3;1-2/h7-8,10H,2-6H2,1H3;7-8H,5-6H2,1-4H3;1-2H3. The van der Waals surface area contributed by atoms with Gasteiger partial charge in [-0.25, -0.2) is 0 Å². The highest BCUT2D eigenvalue weighted by Crippen LogP contribution is 2.26. The third kappa shape index (κ3) is 14.7. The Morgan fingerprint density at radius 3 is 2.10 bits per heavy atom. The molecule has 1 rings (SSSR count). The lowest BCUT2D eigenvalue weighted by molar-refractivity contribution is 0.354. The SMILES string of the molecule is CC.CCC(C)CC(C)C.CNCC1CCCC(Cl)C1. The van der Waals surface area contributed by atoms with Crippen molar-refractivity contribution in [2.24, 2.45) is 17.8 Å². The third-order valence-corrected chi connectivity index (χ3v) is 4.18. The zero-order valence-electron chi connectivity index (χ0n) is 15.1. The number of halogens is 1. The molecule has 20 heavy (non-hydrogen) atoms. The van der Waals surface area contributed by atoms with Crippen LogP contribution in [0.15, 0.2) is 0 Å². The fourth-order valence-corrected chi connectivity index (χ4v) is 3.08. The number of hydrogen-bond donors (Lipinski definition) is 1. The van der Waals surface area contributed by atoms with Gasteiger partial charge in [-0.2, -0.15) is 0 Å². The van der Waals surface area contributed by atoms with Crippen molar-refractivity contribution in [1.29, 1.82) is 0 Å². The van der Waals surface area contributed by atoms with Crippen LogP contribution in [0, 0.1) is 17.8 Å². The molecule has 1 aliphatic rings. The predicted molar refractivity (Wildman–Crippen MR) is 95.8 cm³/mol. The maximum absolute atomic E-state index is 6.02. The second-order valence-electron chi connectivity index (χ2n) is 6.33. The molecule has 0 amide bonds. The molecule has 0 aliphatic heterocycles. The number of hydrogen-bond acceptors (Lipinski definition) is 1. The van der Waals surface area contributed by atoms with E-state index < -0.39 is 0 Å². The van der Waals surface area contributed by atoms with E-state index in [1.807, 2.05) is 20.9 Å². The van der Waals surface area contributed by atoms with Crippen molar-refractivity contribution in [3.05, 3.63) is 0 Å². The topological polar surface area (TPSA) is 12.0 Å². The molecule has 1 aliphatic carbocycles. The lowest BCUT2D eigenvalue weighted by Gasteiger charge is -2.24. The van der Waals surface area contributed by atoms with Gasteiger partial charge in [0, 0.05) is 5.38 Å². The summed E-state index contributed by atoms with van der Waals surface area (Å²) < 4.78 is 0. The van der Waals surface area contributed by atoms with Gasteiger partial charge in [0.05, 0.1) is 0 Å². The van der Waals surface area contributed by atoms with Crippen LogP contribution in [0.5, 0.6) is 0 Å². The van der Waals surface area contributed by atoms with Crippen LogP contribution >= 0.6 is 11.6 Å². The molecule has 1 N–H and O–H groups in total. The first-order chi connectivity index (χ1) is 9.49. The fraction of sp³-hybridized carbons (Fsp3) is 1.00. The first-order valence-electron chi connectivity index (χ1n) is 8.78. The first kappa shape index (κ1) is 22.5. The lowest BCUT2D eigenvalue weighted by Crippen LogP contribution is -2.24. The third-order valence-electron chi connectivity index (χ3n) is 3.78. The van der Waals surface area contributed by atoms with Crippen molar-refractivity contribution < 1.29 is 0 Å². The Kier molecular flexibility index (Phi) is 17.6. The molecule has 3 unspecified atom stereocenters. The largest absolute Gasteiger partial charge is 0.319 e. The van der Waals surface area contributed by atoms with Gasteiger partial charge in [-0.1, -0.05) is 54.4 Å².